The van der Waals surface area contributed by atoms with Gasteiger partial charge in [-0.1, -0.05) is 17.3 Å². The van der Waals surface area contributed by atoms with Crippen molar-refractivity contribution in [2.75, 3.05) is 0 Å². The molecule has 4 aromatic rings. The number of carboxylic acids is 1. The van der Waals surface area contributed by atoms with Crippen molar-refractivity contribution < 1.29 is 63.0 Å². The van der Waals surface area contributed by atoms with Crippen LogP contribution >= 0.6 is 0 Å². The van der Waals surface area contributed by atoms with E-state index in [2.05, 4.69) is 15.3 Å². The summed E-state index contributed by atoms with van der Waals surface area (Å²) in [6.45, 7) is 1.56. The molecule has 0 radical (unpaired) electrons. The Labute approximate surface area is 225 Å². The Morgan fingerprint density at radius 2 is 1.94 bits per heavy atom. The van der Waals surface area contributed by atoms with Crippen LogP contribution in [0.5, 0.6) is 5.75 Å². The molecule has 0 spiro atoms. The van der Waals surface area contributed by atoms with Crippen LogP contribution in [-0.4, -0.2) is 43.5 Å². The van der Waals surface area contributed by atoms with Gasteiger partial charge in [0, 0.05) is 30.7 Å². The number of hydrogen-bond acceptors (Lipinski definition) is 10. The van der Waals surface area contributed by atoms with Crippen LogP contribution in [0.4, 0.5) is 0 Å². The number of carboxylic acid groups (broad SMARTS) is 1. The average molecular weight is 494 g/mol. The third-order valence-corrected chi connectivity index (χ3v) is 5.41. The Balaban J connectivity index is 0.00000304. The smallest absolute Gasteiger partial charge is 0.550 e. The fourth-order valence-electron chi connectivity index (χ4n) is 3.80. The number of esters is 1. The molecule has 0 amide bonds. The van der Waals surface area contributed by atoms with Crippen molar-refractivity contribution in [3.63, 3.8) is 0 Å². The van der Waals surface area contributed by atoms with Crippen LogP contribution in [0.15, 0.2) is 53.2 Å². The topological polar surface area (TPSA) is 157 Å². The molecule has 1 aromatic carbocycles. The third-order valence-electron chi connectivity index (χ3n) is 5.41. The minimum absolute atomic E-state index is 0. The van der Waals surface area contributed by atoms with Crippen molar-refractivity contribution in [2.24, 2.45) is 0 Å². The van der Waals surface area contributed by atoms with Crippen LogP contribution in [0.3, 0.4) is 0 Å². The molecule has 0 saturated heterocycles. The minimum Gasteiger partial charge on any atom is -0.550 e. The van der Waals surface area contributed by atoms with E-state index in [1.165, 1.54) is 42.1 Å². The van der Waals surface area contributed by atoms with E-state index >= 15 is 0 Å². The predicted octanol–water partition coefficient (Wildman–Crippen LogP) is -1.62. The molecular weight excluding hydrogens is 479 g/mol. The monoisotopic (exact) mass is 494 g/mol. The number of carbonyl (C=O) groups is 4. The van der Waals surface area contributed by atoms with Gasteiger partial charge in [0.1, 0.15) is 28.5 Å². The summed E-state index contributed by atoms with van der Waals surface area (Å²) >= 11 is 0. The van der Waals surface area contributed by atoms with Crippen LogP contribution in [0.2, 0.25) is 0 Å². The summed E-state index contributed by atoms with van der Waals surface area (Å²) in [5, 5.41) is 18.5. The molecule has 3 aromatic heterocycles. The third kappa shape index (κ3) is 4.51. The number of fused-ring (bicyclic) bond motifs is 2. The molecule has 0 bridgehead atoms. The predicted molar refractivity (Wildman–Crippen MR) is 115 cm³/mol. The van der Waals surface area contributed by atoms with Crippen LogP contribution in [0.1, 0.15) is 54.7 Å². The van der Waals surface area contributed by atoms with Crippen molar-refractivity contribution in [1.82, 2.24) is 20.0 Å². The van der Waals surface area contributed by atoms with Gasteiger partial charge in [0.05, 0.1) is 17.3 Å². The second-order valence-corrected chi connectivity index (χ2v) is 7.70. The molecule has 5 rings (SSSR count). The summed E-state index contributed by atoms with van der Waals surface area (Å²) in [5.74, 6) is -3.20. The number of aromatic nitrogens is 4. The Bertz CT molecular complexity index is 1540. The standard InChI is InChI=1S/C24H16N4O7.Na/c1-12-18(19-22(32)20-15(6-3-8-25-20)21(31)23(19)34-12)24(33)35-14-5-2-4-13(10-14)16-11-28(27-26-16)9-7-17(29)30;/h2-6,8,10-11H,7,9H2,1H3,(H,29,30);/q;+1/p-1. The molecule has 1 aliphatic carbocycles. The van der Waals surface area contributed by atoms with E-state index in [4.69, 9.17) is 9.15 Å². The Morgan fingerprint density at radius 3 is 2.72 bits per heavy atom. The number of benzene rings is 1. The number of hydrogen-bond donors (Lipinski definition) is 0. The van der Waals surface area contributed by atoms with Gasteiger partial charge in [-0.2, -0.15) is 0 Å². The van der Waals surface area contributed by atoms with Crippen LogP contribution < -0.4 is 39.4 Å². The number of rotatable bonds is 6. The zero-order valence-corrected chi connectivity index (χ0v) is 21.2. The number of pyridine rings is 1. The minimum atomic E-state index is -1.20. The zero-order valence-electron chi connectivity index (χ0n) is 19.2. The normalized spacial score (nSPS) is 11.9. The Kier molecular flexibility index (Phi) is 6.97. The van der Waals surface area contributed by atoms with Crippen molar-refractivity contribution in [3.8, 4) is 17.0 Å². The summed E-state index contributed by atoms with van der Waals surface area (Å²) in [6, 6.07) is 9.42. The molecule has 36 heavy (non-hydrogen) atoms. The number of ketones is 2. The van der Waals surface area contributed by atoms with Gasteiger partial charge in [-0.15, -0.1) is 5.10 Å². The summed E-state index contributed by atoms with van der Waals surface area (Å²) < 4.78 is 12.4. The van der Waals surface area contributed by atoms with Gasteiger partial charge < -0.3 is 19.1 Å². The van der Waals surface area contributed by atoms with Crippen molar-refractivity contribution >= 4 is 23.5 Å². The van der Waals surface area contributed by atoms with Gasteiger partial charge in [-0.3, -0.25) is 19.3 Å². The molecular formula is C24H15N4NaO7. The van der Waals surface area contributed by atoms with Gasteiger partial charge in [0.2, 0.25) is 11.6 Å². The molecule has 1 aliphatic rings. The molecule has 11 nitrogen and oxygen atoms in total. The van der Waals surface area contributed by atoms with Gasteiger partial charge in [0.25, 0.3) is 0 Å². The van der Waals surface area contributed by atoms with Crippen molar-refractivity contribution in [1.29, 1.82) is 0 Å². The van der Waals surface area contributed by atoms with E-state index in [-0.39, 0.29) is 82.2 Å². The van der Waals surface area contributed by atoms with E-state index in [1.54, 1.807) is 18.3 Å². The summed E-state index contributed by atoms with van der Waals surface area (Å²) in [6.07, 6.45) is 2.73. The van der Waals surface area contributed by atoms with E-state index < -0.39 is 23.5 Å². The largest absolute Gasteiger partial charge is 1.00 e. The number of furan rings is 1. The SMILES string of the molecule is Cc1oc2c(c1C(=O)Oc1cccc(-c3cn(CCC(=O)[O-])nn3)c1)C(=O)c1ncccc1C2=O.[Na+]. The fraction of sp³-hybridized carbons (Fsp3) is 0.125. The maximum Gasteiger partial charge on any atom is 1.00 e. The van der Waals surface area contributed by atoms with E-state index in [1.807, 2.05) is 0 Å². The molecule has 174 valence electrons. The molecule has 0 unspecified atom stereocenters. The van der Waals surface area contributed by atoms with E-state index in [9.17, 15) is 24.3 Å². The maximum absolute atomic E-state index is 13.1. The number of ether oxygens (including phenoxy) is 1. The van der Waals surface area contributed by atoms with Crippen LogP contribution in [0.25, 0.3) is 11.3 Å². The maximum atomic E-state index is 13.1. The quantitative estimate of drug-likeness (QED) is 0.153. The number of carbonyl (C=O) groups excluding carboxylic acids is 4. The molecule has 0 aliphatic heterocycles. The Hall–Kier alpha value is -3.93. The molecule has 0 N–H and O–H groups in total. The van der Waals surface area contributed by atoms with Crippen molar-refractivity contribution in [2.45, 2.75) is 19.9 Å². The van der Waals surface area contributed by atoms with Crippen LogP contribution in [0, 0.1) is 6.92 Å². The molecule has 0 fully saturated rings. The van der Waals surface area contributed by atoms with E-state index in [0.717, 1.165) is 0 Å². The first kappa shape index (κ1) is 25.2. The summed E-state index contributed by atoms with van der Waals surface area (Å²) in [4.78, 5) is 53.5. The second-order valence-electron chi connectivity index (χ2n) is 7.70. The first-order valence-corrected chi connectivity index (χ1v) is 10.4. The zero-order chi connectivity index (χ0) is 24.7. The molecule has 0 saturated carbocycles. The van der Waals surface area contributed by atoms with Gasteiger partial charge in [-0.05, 0) is 31.2 Å². The fourth-order valence-corrected chi connectivity index (χ4v) is 3.80. The number of aryl methyl sites for hydroxylation is 2. The number of nitrogens with zero attached hydrogens (tertiary/aromatic N) is 4. The van der Waals surface area contributed by atoms with E-state index in [0.29, 0.717) is 11.3 Å². The van der Waals surface area contributed by atoms with Gasteiger partial charge in [0.15, 0.2) is 5.76 Å². The summed E-state index contributed by atoms with van der Waals surface area (Å²) in [5.41, 5.74) is 0.735. The van der Waals surface area contributed by atoms with Crippen molar-refractivity contribution in [3.05, 3.63) is 82.7 Å². The Morgan fingerprint density at radius 1 is 1.14 bits per heavy atom. The molecule has 0 atom stereocenters. The van der Waals surface area contributed by atoms with Crippen LogP contribution in [-0.2, 0) is 11.3 Å². The summed E-state index contributed by atoms with van der Waals surface area (Å²) in [7, 11) is 0. The molecule has 3 heterocycles. The number of aliphatic carboxylic acids is 1. The second kappa shape index (κ2) is 9.97. The van der Waals surface area contributed by atoms with Gasteiger partial charge in [-0.25, -0.2) is 4.79 Å². The average Bonchev–Trinajstić information content (AvgIpc) is 3.46. The first-order chi connectivity index (χ1) is 16.8. The first-order valence-electron chi connectivity index (χ1n) is 10.4. The molecule has 12 heteroatoms. The van der Waals surface area contributed by atoms with Gasteiger partial charge >= 0.3 is 35.5 Å².